The van der Waals surface area contributed by atoms with Gasteiger partial charge in [-0.15, -0.1) is 0 Å². The van der Waals surface area contributed by atoms with E-state index in [4.69, 9.17) is 0 Å². The minimum Gasteiger partial charge on any atom is -0.317 e. The van der Waals surface area contributed by atoms with E-state index < -0.39 is 0 Å². The standard InChI is InChI=1S/C16H19FN2/c1-18-16(7-4-13-8-10-19-11-9-13)12-14-2-5-15(17)6-3-14/h2-3,5-6,8-11,16,18H,4,7,12H2,1H3. The molecule has 0 spiro atoms. The molecule has 1 atom stereocenters. The van der Waals surface area contributed by atoms with Gasteiger partial charge < -0.3 is 5.32 Å². The molecule has 0 aliphatic carbocycles. The highest BCUT2D eigenvalue weighted by Crippen LogP contribution is 2.10. The molecule has 0 fully saturated rings. The topological polar surface area (TPSA) is 24.9 Å². The average Bonchev–Trinajstić information content (AvgIpc) is 2.46. The second kappa shape index (κ2) is 7.00. The first-order valence-corrected chi connectivity index (χ1v) is 6.58. The minimum atomic E-state index is -0.179. The summed E-state index contributed by atoms with van der Waals surface area (Å²) in [6, 6.07) is 11.2. The van der Waals surface area contributed by atoms with Crippen LogP contribution in [0.4, 0.5) is 4.39 Å². The average molecular weight is 258 g/mol. The number of halogens is 1. The van der Waals surface area contributed by atoms with E-state index in [-0.39, 0.29) is 5.82 Å². The molecule has 0 amide bonds. The Kier molecular flexibility index (Phi) is 5.04. The van der Waals surface area contributed by atoms with Crippen molar-refractivity contribution in [3.05, 3.63) is 65.7 Å². The summed E-state index contributed by atoms with van der Waals surface area (Å²) in [6.07, 6.45) is 6.64. The second-order valence-corrected chi connectivity index (χ2v) is 4.71. The number of likely N-dealkylation sites (N-methyl/N-ethyl adjacent to an activating group) is 1. The number of nitrogens with zero attached hydrogens (tertiary/aromatic N) is 1. The highest BCUT2D eigenvalue weighted by atomic mass is 19.1. The third-order valence-corrected chi connectivity index (χ3v) is 3.33. The summed E-state index contributed by atoms with van der Waals surface area (Å²) in [5.41, 5.74) is 2.46. The molecular formula is C16H19FN2. The molecule has 0 bridgehead atoms. The summed E-state index contributed by atoms with van der Waals surface area (Å²) in [5, 5.41) is 3.33. The smallest absolute Gasteiger partial charge is 0.123 e. The van der Waals surface area contributed by atoms with Crippen molar-refractivity contribution in [2.45, 2.75) is 25.3 Å². The summed E-state index contributed by atoms with van der Waals surface area (Å²) in [6.45, 7) is 0. The van der Waals surface area contributed by atoms with Crippen molar-refractivity contribution in [3.8, 4) is 0 Å². The van der Waals surface area contributed by atoms with Crippen molar-refractivity contribution in [1.29, 1.82) is 0 Å². The molecule has 0 saturated heterocycles. The van der Waals surface area contributed by atoms with Gasteiger partial charge in [0.1, 0.15) is 5.82 Å². The van der Waals surface area contributed by atoms with Gasteiger partial charge in [0.05, 0.1) is 0 Å². The highest BCUT2D eigenvalue weighted by molar-refractivity contribution is 5.17. The molecule has 3 heteroatoms. The first kappa shape index (κ1) is 13.7. The summed E-state index contributed by atoms with van der Waals surface area (Å²) in [7, 11) is 1.97. The van der Waals surface area contributed by atoms with Crippen molar-refractivity contribution < 1.29 is 4.39 Å². The fourth-order valence-corrected chi connectivity index (χ4v) is 2.14. The van der Waals surface area contributed by atoms with Crippen LogP contribution >= 0.6 is 0 Å². The van der Waals surface area contributed by atoms with Gasteiger partial charge in [-0.25, -0.2) is 4.39 Å². The predicted molar refractivity (Wildman–Crippen MR) is 75.5 cm³/mol. The van der Waals surface area contributed by atoms with Gasteiger partial charge in [-0.05, 0) is 61.7 Å². The Bertz CT molecular complexity index is 482. The number of benzene rings is 1. The number of nitrogens with one attached hydrogen (secondary N) is 1. The highest BCUT2D eigenvalue weighted by Gasteiger charge is 2.07. The molecule has 1 N–H and O–H groups in total. The zero-order chi connectivity index (χ0) is 13.5. The van der Waals surface area contributed by atoms with Crippen LogP contribution in [0.15, 0.2) is 48.8 Å². The van der Waals surface area contributed by atoms with Crippen LogP contribution in [-0.2, 0) is 12.8 Å². The summed E-state index contributed by atoms with van der Waals surface area (Å²) in [4.78, 5) is 4.02. The number of hydrogen-bond donors (Lipinski definition) is 1. The molecule has 1 unspecified atom stereocenters. The first-order valence-electron chi connectivity index (χ1n) is 6.58. The first-order chi connectivity index (χ1) is 9.28. The fraction of sp³-hybridized carbons (Fsp3) is 0.312. The van der Waals surface area contributed by atoms with Crippen molar-refractivity contribution >= 4 is 0 Å². The van der Waals surface area contributed by atoms with E-state index in [1.54, 1.807) is 0 Å². The van der Waals surface area contributed by atoms with Crippen molar-refractivity contribution in [2.75, 3.05) is 7.05 Å². The van der Waals surface area contributed by atoms with Gasteiger partial charge in [0.25, 0.3) is 0 Å². The quantitative estimate of drug-likeness (QED) is 0.861. The lowest BCUT2D eigenvalue weighted by Crippen LogP contribution is -2.28. The van der Waals surface area contributed by atoms with Crippen molar-refractivity contribution in [3.63, 3.8) is 0 Å². The summed E-state index contributed by atoms with van der Waals surface area (Å²) < 4.78 is 12.9. The Balaban J connectivity index is 1.88. The lowest BCUT2D eigenvalue weighted by molar-refractivity contribution is 0.519. The summed E-state index contributed by atoms with van der Waals surface area (Å²) >= 11 is 0. The molecule has 1 aromatic heterocycles. The molecular weight excluding hydrogens is 239 g/mol. The zero-order valence-corrected chi connectivity index (χ0v) is 11.1. The SMILES string of the molecule is CNC(CCc1ccncc1)Cc1ccc(F)cc1. The van der Waals surface area contributed by atoms with Crippen LogP contribution in [0.3, 0.4) is 0 Å². The molecule has 100 valence electrons. The van der Waals surface area contributed by atoms with Crippen LogP contribution in [0.2, 0.25) is 0 Å². The van der Waals surface area contributed by atoms with Gasteiger partial charge in [0.15, 0.2) is 0 Å². The van der Waals surface area contributed by atoms with Crippen LogP contribution < -0.4 is 5.32 Å². The molecule has 0 aliphatic heterocycles. The van der Waals surface area contributed by atoms with E-state index in [2.05, 4.69) is 10.3 Å². The summed E-state index contributed by atoms with van der Waals surface area (Å²) in [5.74, 6) is -0.179. The molecule has 0 aliphatic rings. The number of hydrogen-bond acceptors (Lipinski definition) is 2. The number of aromatic nitrogens is 1. The maximum absolute atomic E-state index is 12.9. The molecule has 19 heavy (non-hydrogen) atoms. The molecule has 2 aromatic rings. The number of aryl methyl sites for hydroxylation is 1. The van der Waals surface area contributed by atoms with E-state index >= 15 is 0 Å². The molecule has 0 radical (unpaired) electrons. The van der Waals surface area contributed by atoms with Gasteiger partial charge in [-0.3, -0.25) is 4.98 Å². The monoisotopic (exact) mass is 258 g/mol. The van der Waals surface area contributed by atoms with Crippen LogP contribution in [0.1, 0.15) is 17.5 Å². The Morgan fingerprint density at radius 3 is 2.37 bits per heavy atom. The third kappa shape index (κ3) is 4.45. The zero-order valence-electron chi connectivity index (χ0n) is 11.1. The Hall–Kier alpha value is -1.74. The Morgan fingerprint density at radius 2 is 1.74 bits per heavy atom. The minimum absolute atomic E-state index is 0.179. The van der Waals surface area contributed by atoms with E-state index in [1.807, 2.05) is 43.7 Å². The molecule has 0 saturated carbocycles. The van der Waals surface area contributed by atoms with Gasteiger partial charge in [-0.2, -0.15) is 0 Å². The van der Waals surface area contributed by atoms with Crippen LogP contribution in [0.25, 0.3) is 0 Å². The van der Waals surface area contributed by atoms with Gasteiger partial charge in [0.2, 0.25) is 0 Å². The van der Waals surface area contributed by atoms with E-state index in [1.165, 1.54) is 17.7 Å². The lowest BCUT2D eigenvalue weighted by Gasteiger charge is -2.16. The molecule has 1 heterocycles. The number of pyridine rings is 1. The second-order valence-electron chi connectivity index (χ2n) is 4.71. The number of rotatable bonds is 6. The molecule has 1 aromatic carbocycles. The third-order valence-electron chi connectivity index (χ3n) is 3.33. The fourth-order valence-electron chi connectivity index (χ4n) is 2.14. The van der Waals surface area contributed by atoms with Crippen LogP contribution in [-0.4, -0.2) is 18.1 Å². The van der Waals surface area contributed by atoms with Crippen molar-refractivity contribution in [2.24, 2.45) is 0 Å². The van der Waals surface area contributed by atoms with Crippen molar-refractivity contribution in [1.82, 2.24) is 10.3 Å². The Morgan fingerprint density at radius 1 is 1.05 bits per heavy atom. The lowest BCUT2D eigenvalue weighted by atomic mass is 9.99. The maximum Gasteiger partial charge on any atom is 0.123 e. The Labute approximate surface area is 113 Å². The van der Waals surface area contributed by atoms with E-state index in [0.29, 0.717) is 6.04 Å². The normalized spacial score (nSPS) is 12.3. The van der Waals surface area contributed by atoms with Gasteiger partial charge in [-0.1, -0.05) is 12.1 Å². The largest absolute Gasteiger partial charge is 0.317 e. The van der Waals surface area contributed by atoms with Gasteiger partial charge in [0, 0.05) is 18.4 Å². The van der Waals surface area contributed by atoms with E-state index in [0.717, 1.165) is 24.8 Å². The van der Waals surface area contributed by atoms with Crippen LogP contribution in [0.5, 0.6) is 0 Å². The van der Waals surface area contributed by atoms with Gasteiger partial charge >= 0.3 is 0 Å². The molecule has 2 nitrogen and oxygen atoms in total. The maximum atomic E-state index is 12.9. The predicted octanol–water partition coefficient (Wildman–Crippen LogP) is 2.98. The molecule has 2 rings (SSSR count). The van der Waals surface area contributed by atoms with E-state index in [9.17, 15) is 4.39 Å². The van der Waals surface area contributed by atoms with Crippen LogP contribution in [0, 0.1) is 5.82 Å².